The maximum atomic E-state index is 13.9. The van der Waals surface area contributed by atoms with Crippen LogP contribution in [0.2, 0.25) is 0 Å². The van der Waals surface area contributed by atoms with Crippen molar-refractivity contribution < 1.29 is 22.4 Å². The lowest BCUT2D eigenvalue weighted by Crippen LogP contribution is -2.43. The Kier molecular flexibility index (Phi) is 9.51. The molecule has 42 heavy (non-hydrogen) atoms. The van der Waals surface area contributed by atoms with E-state index in [4.69, 9.17) is 4.42 Å². The highest BCUT2D eigenvalue weighted by atomic mass is 32.2. The molecule has 1 aliphatic heterocycles. The largest absolute Gasteiger partial charge is 0.467 e. The van der Waals surface area contributed by atoms with Crippen LogP contribution in [0.5, 0.6) is 0 Å². The Hall–Kier alpha value is -4.21. The van der Waals surface area contributed by atoms with Gasteiger partial charge in [0.15, 0.2) is 0 Å². The summed E-state index contributed by atoms with van der Waals surface area (Å²) in [6, 6.07) is 28.3. The number of amides is 2. The predicted molar refractivity (Wildman–Crippen MR) is 159 cm³/mol. The molecule has 5 rings (SSSR count). The molecule has 1 aliphatic rings. The number of hydrogen-bond donors (Lipinski definition) is 1. The van der Waals surface area contributed by atoms with E-state index >= 15 is 0 Å². The Morgan fingerprint density at radius 2 is 1.50 bits per heavy atom. The molecule has 2 heterocycles. The summed E-state index contributed by atoms with van der Waals surface area (Å²) in [4.78, 5) is 29.5. The molecule has 2 amide bonds. The average Bonchev–Trinajstić information content (AvgIpc) is 3.75. The van der Waals surface area contributed by atoms with Crippen LogP contribution < -0.4 is 5.32 Å². The molecule has 1 saturated heterocycles. The highest BCUT2D eigenvalue weighted by Crippen LogP contribution is 2.26. The van der Waals surface area contributed by atoms with Gasteiger partial charge in [-0.2, -0.15) is 4.31 Å². The van der Waals surface area contributed by atoms with Gasteiger partial charge in [0, 0.05) is 26.1 Å². The number of benzene rings is 3. The van der Waals surface area contributed by atoms with Gasteiger partial charge in [-0.3, -0.25) is 9.59 Å². The summed E-state index contributed by atoms with van der Waals surface area (Å²) in [5.74, 6) is 0.124. The third kappa shape index (κ3) is 7.16. The molecule has 1 N–H and O–H groups in total. The minimum atomic E-state index is -3.50. The van der Waals surface area contributed by atoms with E-state index in [1.165, 1.54) is 4.31 Å². The smallest absolute Gasteiger partial charge is 0.247 e. The van der Waals surface area contributed by atoms with E-state index in [1.54, 1.807) is 47.6 Å². The highest BCUT2D eigenvalue weighted by molar-refractivity contribution is 7.89. The molecule has 0 unspecified atom stereocenters. The molecular weight excluding hydrogens is 550 g/mol. The van der Waals surface area contributed by atoms with Crippen molar-refractivity contribution in [2.75, 3.05) is 13.1 Å². The molecular formula is C33H35N3O5S. The standard InChI is InChI=1S/C33H35N3O5S/c37-31(20-17-26-15-18-30(19-16-26)42(39,40)35-21-7-8-22-35)36(25-27-10-3-1-4-11-27)32(28-12-5-2-6-13-28)33(38)34-24-29-14-9-23-41-29/h1-6,9-16,18-19,23,32H,7-8,17,20-22,24-25H2,(H,34,38)/t32-/m1/s1. The summed E-state index contributed by atoms with van der Waals surface area (Å²) in [6.45, 7) is 1.55. The molecule has 0 bridgehead atoms. The van der Waals surface area contributed by atoms with Crippen LogP contribution in [0.1, 0.15) is 47.8 Å². The summed E-state index contributed by atoms with van der Waals surface area (Å²) >= 11 is 0. The Balaban J connectivity index is 1.35. The second-order valence-corrected chi connectivity index (χ2v) is 12.3. The van der Waals surface area contributed by atoms with Crippen molar-refractivity contribution in [2.24, 2.45) is 0 Å². The van der Waals surface area contributed by atoms with E-state index in [9.17, 15) is 18.0 Å². The van der Waals surface area contributed by atoms with Crippen molar-refractivity contribution in [3.63, 3.8) is 0 Å². The summed E-state index contributed by atoms with van der Waals surface area (Å²) < 4.78 is 32.7. The lowest BCUT2D eigenvalue weighted by atomic mass is 10.0. The fourth-order valence-electron chi connectivity index (χ4n) is 5.20. The maximum Gasteiger partial charge on any atom is 0.247 e. The van der Waals surface area contributed by atoms with Gasteiger partial charge in [0.1, 0.15) is 11.8 Å². The number of nitrogens with zero attached hydrogens (tertiary/aromatic N) is 2. The third-order valence-corrected chi connectivity index (χ3v) is 9.37. The Morgan fingerprint density at radius 1 is 0.833 bits per heavy atom. The minimum Gasteiger partial charge on any atom is -0.467 e. The first-order valence-electron chi connectivity index (χ1n) is 14.2. The monoisotopic (exact) mass is 585 g/mol. The van der Waals surface area contributed by atoms with Gasteiger partial charge in [0.25, 0.3) is 0 Å². The zero-order chi connectivity index (χ0) is 29.4. The van der Waals surface area contributed by atoms with E-state index in [1.807, 2.05) is 60.7 Å². The van der Waals surface area contributed by atoms with Crippen LogP contribution in [0.3, 0.4) is 0 Å². The lowest BCUT2D eigenvalue weighted by molar-refractivity contribution is -0.141. The maximum absolute atomic E-state index is 13.9. The van der Waals surface area contributed by atoms with Crippen LogP contribution >= 0.6 is 0 Å². The van der Waals surface area contributed by atoms with Crippen LogP contribution in [0, 0.1) is 0 Å². The number of furan rings is 1. The van der Waals surface area contributed by atoms with Crippen molar-refractivity contribution >= 4 is 21.8 Å². The Bertz CT molecular complexity index is 1550. The summed E-state index contributed by atoms with van der Waals surface area (Å²) in [6.07, 6.45) is 3.87. The van der Waals surface area contributed by atoms with Crippen LogP contribution in [0.25, 0.3) is 0 Å². The molecule has 218 valence electrons. The summed E-state index contributed by atoms with van der Waals surface area (Å²) in [7, 11) is -3.50. The number of nitrogens with one attached hydrogen (secondary N) is 1. The summed E-state index contributed by atoms with van der Waals surface area (Å²) in [5, 5.41) is 2.93. The quantitative estimate of drug-likeness (QED) is 0.250. The zero-order valence-corrected chi connectivity index (χ0v) is 24.2. The predicted octanol–water partition coefficient (Wildman–Crippen LogP) is 5.08. The number of carbonyl (C=O) groups is 2. The van der Waals surface area contributed by atoms with Gasteiger partial charge in [0.05, 0.1) is 17.7 Å². The van der Waals surface area contributed by atoms with Gasteiger partial charge in [-0.05, 0) is 60.2 Å². The Morgan fingerprint density at radius 3 is 2.14 bits per heavy atom. The molecule has 1 atom stereocenters. The van der Waals surface area contributed by atoms with E-state index in [2.05, 4.69) is 5.32 Å². The SMILES string of the molecule is O=C(NCc1ccco1)[C@@H](c1ccccc1)N(Cc1ccccc1)C(=O)CCc1ccc(S(=O)(=O)N2CCCC2)cc1. The van der Waals surface area contributed by atoms with Crippen molar-refractivity contribution in [1.82, 2.24) is 14.5 Å². The van der Waals surface area contributed by atoms with Crippen molar-refractivity contribution in [3.8, 4) is 0 Å². The van der Waals surface area contributed by atoms with Gasteiger partial charge in [-0.15, -0.1) is 0 Å². The van der Waals surface area contributed by atoms with E-state index in [-0.39, 0.29) is 36.2 Å². The van der Waals surface area contributed by atoms with Gasteiger partial charge in [-0.25, -0.2) is 8.42 Å². The minimum absolute atomic E-state index is 0.153. The first-order chi connectivity index (χ1) is 20.4. The molecule has 1 fully saturated rings. The van der Waals surface area contributed by atoms with E-state index < -0.39 is 16.1 Å². The molecule has 0 aliphatic carbocycles. The highest BCUT2D eigenvalue weighted by Gasteiger charge is 2.32. The second-order valence-electron chi connectivity index (χ2n) is 10.4. The van der Waals surface area contributed by atoms with Crippen molar-refractivity contribution in [3.05, 3.63) is 126 Å². The number of aryl methyl sites for hydroxylation is 1. The van der Waals surface area contributed by atoms with E-state index in [0.717, 1.165) is 24.0 Å². The number of carbonyl (C=O) groups excluding carboxylic acids is 2. The molecule has 3 aromatic carbocycles. The third-order valence-electron chi connectivity index (χ3n) is 7.46. The average molecular weight is 586 g/mol. The lowest BCUT2D eigenvalue weighted by Gasteiger charge is -2.31. The molecule has 9 heteroatoms. The van der Waals surface area contributed by atoms with Crippen LogP contribution in [-0.2, 0) is 39.1 Å². The topological polar surface area (TPSA) is 99.9 Å². The molecule has 0 radical (unpaired) electrons. The van der Waals surface area contributed by atoms with Crippen molar-refractivity contribution in [2.45, 2.75) is 49.7 Å². The number of hydrogen-bond acceptors (Lipinski definition) is 5. The zero-order valence-electron chi connectivity index (χ0n) is 23.4. The molecule has 0 saturated carbocycles. The second kappa shape index (κ2) is 13.6. The summed E-state index contributed by atoms with van der Waals surface area (Å²) in [5.41, 5.74) is 2.46. The Labute approximate surface area is 247 Å². The number of rotatable bonds is 12. The van der Waals surface area contributed by atoms with Gasteiger partial charge in [-0.1, -0.05) is 72.8 Å². The van der Waals surface area contributed by atoms with Crippen molar-refractivity contribution in [1.29, 1.82) is 0 Å². The molecule has 8 nitrogen and oxygen atoms in total. The van der Waals surface area contributed by atoms with E-state index in [0.29, 0.717) is 30.8 Å². The van der Waals surface area contributed by atoms with Gasteiger partial charge in [0.2, 0.25) is 21.8 Å². The normalized spacial score (nSPS) is 14.4. The fraction of sp³-hybridized carbons (Fsp3) is 0.273. The fourth-order valence-corrected chi connectivity index (χ4v) is 6.71. The van der Waals surface area contributed by atoms with Gasteiger partial charge >= 0.3 is 0 Å². The van der Waals surface area contributed by atoms with Crippen LogP contribution in [0.15, 0.2) is 113 Å². The molecule has 4 aromatic rings. The number of sulfonamides is 1. The van der Waals surface area contributed by atoms with Crippen LogP contribution in [0.4, 0.5) is 0 Å². The first kappa shape index (κ1) is 29.3. The first-order valence-corrected chi connectivity index (χ1v) is 15.6. The van der Waals surface area contributed by atoms with Crippen LogP contribution in [-0.4, -0.2) is 42.5 Å². The molecule has 1 aromatic heterocycles. The van der Waals surface area contributed by atoms with Gasteiger partial charge < -0.3 is 14.6 Å². The molecule has 0 spiro atoms.